The van der Waals surface area contributed by atoms with E-state index in [9.17, 15) is 9.59 Å². The Bertz CT molecular complexity index is 693. The van der Waals surface area contributed by atoms with Crippen LogP contribution in [-0.2, 0) is 17.8 Å². The third-order valence-corrected chi connectivity index (χ3v) is 3.79. The fourth-order valence-corrected chi connectivity index (χ4v) is 2.50. The number of pyridine rings is 1. The molecule has 0 aliphatic rings. The topological polar surface area (TPSA) is 51.1 Å². The van der Waals surface area contributed by atoms with Crippen molar-refractivity contribution in [3.8, 4) is 0 Å². The Morgan fingerprint density at radius 1 is 1.18 bits per heavy atom. The van der Waals surface area contributed by atoms with Crippen LogP contribution in [0.15, 0.2) is 51.9 Å². The van der Waals surface area contributed by atoms with Crippen molar-refractivity contribution >= 4 is 27.5 Å². The summed E-state index contributed by atoms with van der Waals surface area (Å²) >= 11 is 3.29. The molecular formula is C17H19BrN2O2. The summed E-state index contributed by atoms with van der Waals surface area (Å²) in [6, 6.07) is 10.9. The van der Waals surface area contributed by atoms with Crippen LogP contribution in [0.4, 0.5) is 5.69 Å². The number of carbonyl (C=O) groups is 1. The number of nitrogens with zero attached hydrogens (tertiary/aromatic N) is 1. The molecule has 0 aliphatic heterocycles. The van der Waals surface area contributed by atoms with E-state index >= 15 is 0 Å². The first-order valence-corrected chi connectivity index (χ1v) is 8.12. The number of hydrogen-bond acceptors (Lipinski definition) is 2. The molecule has 4 nitrogen and oxygen atoms in total. The van der Waals surface area contributed by atoms with Crippen LogP contribution >= 0.6 is 15.9 Å². The Morgan fingerprint density at radius 2 is 1.91 bits per heavy atom. The lowest BCUT2D eigenvalue weighted by molar-refractivity contribution is -0.116. The molecule has 0 saturated heterocycles. The lowest BCUT2D eigenvalue weighted by atomic mass is 10.1. The van der Waals surface area contributed by atoms with Crippen molar-refractivity contribution in [2.75, 3.05) is 5.32 Å². The smallest absolute Gasteiger partial charge is 0.251 e. The van der Waals surface area contributed by atoms with Gasteiger partial charge in [-0.2, -0.15) is 0 Å². The number of nitrogens with one attached hydrogen (secondary N) is 1. The van der Waals surface area contributed by atoms with E-state index in [1.807, 2.05) is 24.3 Å². The highest BCUT2D eigenvalue weighted by Crippen LogP contribution is 2.12. The Balaban J connectivity index is 1.97. The Morgan fingerprint density at radius 3 is 2.59 bits per heavy atom. The average Bonchev–Trinajstić information content (AvgIpc) is 2.50. The lowest BCUT2D eigenvalue weighted by Gasteiger charge is -2.08. The van der Waals surface area contributed by atoms with Gasteiger partial charge in [0.1, 0.15) is 6.54 Å². The van der Waals surface area contributed by atoms with Crippen molar-refractivity contribution in [3.63, 3.8) is 0 Å². The van der Waals surface area contributed by atoms with E-state index in [0.29, 0.717) is 0 Å². The maximum absolute atomic E-state index is 12.0. The van der Waals surface area contributed by atoms with Crippen molar-refractivity contribution in [2.24, 2.45) is 0 Å². The first-order valence-electron chi connectivity index (χ1n) is 7.33. The maximum Gasteiger partial charge on any atom is 0.251 e. The van der Waals surface area contributed by atoms with Gasteiger partial charge in [-0.05, 0) is 52.5 Å². The van der Waals surface area contributed by atoms with Gasteiger partial charge in [-0.15, -0.1) is 0 Å². The van der Waals surface area contributed by atoms with Crippen molar-refractivity contribution in [1.29, 1.82) is 0 Å². The number of hydrogen-bond donors (Lipinski definition) is 1. The zero-order chi connectivity index (χ0) is 15.9. The van der Waals surface area contributed by atoms with Gasteiger partial charge in [-0.3, -0.25) is 9.59 Å². The first kappa shape index (κ1) is 16.5. The van der Waals surface area contributed by atoms with Crippen molar-refractivity contribution in [3.05, 3.63) is 63.0 Å². The van der Waals surface area contributed by atoms with Crippen LogP contribution in [-0.4, -0.2) is 10.5 Å². The van der Waals surface area contributed by atoms with Gasteiger partial charge in [0.05, 0.1) is 0 Å². The molecule has 1 aromatic heterocycles. The monoisotopic (exact) mass is 362 g/mol. The van der Waals surface area contributed by atoms with Gasteiger partial charge in [-0.25, -0.2) is 0 Å². The van der Waals surface area contributed by atoms with Crippen LogP contribution in [0.1, 0.15) is 25.3 Å². The van der Waals surface area contributed by atoms with Gasteiger partial charge in [-0.1, -0.05) is 25.5 Å². The minimum absolute atomic E-state index is 0.00411. The molecule has 1 aromatic carbocycles. The molecule has 0 aliphatic carbocycles. The normalized spacial score (nSPS) is 10.5. The molecule has 0 bridgehead atoms. The minimum Gasteiger partial charge on any atom is -0.325 e. The summed E-state index contributed by atoms with van der Waals surface area (Å²) < 4.78 is 2.13. The van der Waals surface area contributed by atoms with Gasteiger partial charge >= 0.3 is 0 Å². The van der Waals surface area contributed by atoms with E-state index in [4.69, 9.17) is 0 Å². The number of rotatable bonds is 6. The summed E-state index contributed by atoms with van der Waals surface area (Å²) in [5.74, 6) is -0.221. The largest absolute Gasteiger partial charge is 0.325 e. The van der Waals surface area contributed by atoms with Crippen LogP contribution in [0.2, 0.25) is 0 Å². The fraction of sp³-hybridized carbons (Fsp3) is 0.294. The number of unbranched alkanes of at least 4 members (excludes halogenated alkanes) is 1. The summed E-state index contributed by atoms with van der Waals surface area (Å²) in [7, 11) is 0. The van der Waals surface area contributed by atoms with Crippen molar-refractivity contribution in [2.45, 2.75) is 32.7 Å². The zero-order valence-corrected chi connectivity index (χ0v) is 14.1. The third-order valence-electron chi connectivity index (χ3n) is 3.32. The summed E-state index contributed by atoms with van der Waals surface area (Å²) in [5.41, 5.74) is 1.81. The number of anilines is 1. The number of benzene rings is 1. The predicted molar refractivity (Wildman–Crippen MR) is 92.1 cm³/mol. The molecule has 22 heavy (non-hydrogen) atoms. The maximum atomic E-state index is 12.0. The quantitative estimate of drug-likeness (QED) is 0.853. The summed E-state index contributed by atoms with van der Waals surface area (Å²) in [6.07, 6.45) is 4.99. The Labute approximate surface area is 138 Å². The summed E-state index contributed by atoms with van der Waals surface area (Å²) in [5, 5.41) is 2.81. The standard InChI is InChI=1S/C17H19BrN2O2/c1-2-3-4-13-5-8-15(9-6-13)19-16(21)12-20-11-14(18)7-10-17(20)22/h5-11H,2-4,12H2,1H3,(H,19,21). The molecule has 1 amide bonds. The molecule has 0 spiro atoms. The molecule has 1 N–H and O–H groups in total. The minimum atomic E-state index is -0.221. The zero-order valence-electron chi connectivity index (χ0n) is 12.5. The highest BCUT2D eigenvalue weighted by Gasteiger charge is 2.05. The number of halogens is 1. The number of carbonyl (C=O) groups excluding carboxylic acids is 1. The first-order chi connectivity index (χ1) is 10.6. The van der Waals surface area contributed by atoms with Crippen LogP contribution < -0.4 is 10.9 Å². The van der Waals surface area contributed by atoms with Crippen molar-refractivity contribution in [1.82, 2.24) is 4.57 Å². The van der Waals surface area contributed by atoms with E-state index in [0.717, 1.165) is 23.0 Å². The fourth-order valence-electron chi connectivity index (χ4n) is 2.12. The van der Waals surface area contributed by atoms with Gasteiger partial charge in [0.2, 0.25) is 5.91 Å². The number of amides is 1. The molecule has 2 rings (SSSR count). The van der Waals surface area contributed by atoms with E-state index in [1.54, 1.807) is 12.3 Å². The number of aromatic nitrogens is 1. The molecule has 5 heteroatoms. The second-order valence-electron chi connectivity index (χ2n) is 5.16. The highest BCUT2D eigenvalue weighted by molar-refractivity contribution is 9.10. The van der Waals surface area contributed by atoms with Crippen LogP contribution in [0.25, 0.3) is 0 Å². The second-order valence-corrected chi connectivity index (χ2v) is 6.08. The highest BCUT2D eigenvalue weighted by atomic mass is 79.9. The van der Waals surface area contributed by atoms with Gasteiger partial charge in [0.25, 0.3) is 5.56 Å². The van der Waals surface area contributed by atoms with Crippen LogP contribution in [0, 0.1) is 0 Å². The van der Waals surface area contributed by atoms with E-state index in [1.165, 1.54) is 22.6 Å². The Kier molecular flexibility index (Phi) is 5.95. The Hall–Kier alpha value is -1.88. The molecule has 2 aromatic rings. The average molecular weight is 363 g/mol. The molecule has 0 radical (unpaired) electrons. The van der Waals surface area contributed by atoms with Gasteiger partial charge in [0.15, 0.2) is 0 Å². The van der Waals surface area contributed by atoms with Crippen LogP contribution in [0.3, 0.4) is 0 Å². The predicted octanol–water partition coefficient (Wildman–Crippen LogP) is 3.59. The van der Waals surface area contributed by atoms with Gasteiger partial charge < -0.3 is 9.88 Å². The summed E-state index contributed by atoms with van der Waals surface area (Å²) in [4.78, 5) is 23.7. The molecule has 116 valence electrons. The molecule has 0 atom stereocenters. The molecule has 0 saturated carbocycles. The molecular weight excluding hydrogens is 344 g/mol. The van der Waals surface area contributed by atoms with E-state index < -0.39 is 0 Å². The molecule has 0 unspecified atom stereocenters. The van der Waals surface area contributed by atoms with Crippen LogP contribution in [0.5, 0.6) is 0 Å². The van der Waals surface area contributed by atoms with Crippen molar-refractivity contribution < 1.29 is 4.79 Å². The molecule has 0 fully saturated rings. The molecule has 1 heterocycles. The third kappa shape index (κ3) is 4.84. The van der Waals surface area contributed by atoms with E-state index in [-0.39, 0.29) is 18.0 Å². The number of aryl methyl sites for hydroxylation is 1. The van der Waals surface area contributed by atoms with E-state index in [2.05, 4.69) is 28.2 Å². The second kappa shape index (κ2) is 7.94. The van der Waals surface area contributed by atoms with Gasteiger partial charge in [0, 0.05) is 22.4 Å². The lowest BCUT2D eigenvalue weighted by Crippen LogP contribution is -2.26. The SMILES string of the molecule is CCCCc1ccc(NC(=O)Cn2cc(Br)ccc2=O)cc1. The summed E-state index contributed by atoms with van der Waals surface area (Å²) in [6.45, 7) is 2.16.